The zero-order valence-electron chi connectivity index (χ0n) is 19.4. The van der Waals surface area contributed by atoms with Gasteiger partial charge in [0, 0.05) is 36.2 Å². The van der Waals surface area contributed by atoms with Crippen LogP contribution in [0.2, 0.25) is 0 Å². The normalized spacial score (nSPS) is 20.7. The van der Waals surface area contributed by atoms with E-state index in [2.05, 4.69) is 20.8 Å². The zero-order chi connectivity index (χ0) is 24.2. The fourth-order valence-corrected chi connectivity index (χ4v) is 4.71. The Bertz CT molecular complexity index is 1090. The number of carbonyl (C=O) groups is 2. The first-order valence-corrected chi connectivity index (χ1v) is 12.3. The molecule has 1 N–H and O–H groups in total. The van der Waals surface area contributed by atoms with Gasteiger partial charge in [-0.05, 0) is 55.3 Å². The highest BCUT2D eigenvalue weighted by Crippen LogP contribution is 2.40. The fraction of sp³-hybridized carbons (Fsp3) is 0.385. The highest BCUT2D eigenvalue weighted by Gasteiger charge is 2.46. The number of amides is 1. The molecule has 0 bridgehead atoms. The molecule has 180 valence electrons. The molecular weight excluding hydrogens is 500 g/mol. The van der Waals surface area contributed by atoms with Gasteiger partial charge in [0.2, 0.25) is 0 Å². The summed E-state index contributed by atoms with van der Waals surface area (Å²) >= 11 is 3.44. The van der Waals surface area contributed by atoms with Crippen LogP contribution in [0.25, 0.3) is 5.76 Å². The van der Waals surface area contributed by atoms with Gasteiger partial charge in [0.05, 0.1) is 31.4 Å². The number of aliphatic hydroxyl groups is 1. The zero-order valence-corrected chi connectivity index (χ0v) is 21.0. The van der Waals surface area contributed by atoms with E-state index in [0.717, 1.165) is 34.4 Å². The maximum atomic E-state index is 13.2. The lowest BCUT2D eigenvalue weighted by Crippen LogP contribution is -2.42. The van der Waals surface area contributed by atoms with E-state index in [0.29, 0.717) is 38.5 Å². The smallest absolute Gasteiger partial charge is 0.295 e. The average Bonchev–Trinajstić information content (AvgIpc) is 3.09. The molecule has 0 aliphatic carbocycles. The van der Waals surface area contributed by atoms with Gasteiger partial charge in [-0.3, -0.25) is 14.5 Å². The van der Waals surface area contributed by atoms with Gasteiger partial charge in [-0.2, -0.15) is 0 Å². The topological polar surface area (TPSA) is 79.3 Å². The van der Waals surface area contributed by atoms with Crippen molar-refractivity contribution >= 4 is 33.4 Å². The van der Waals surface area contributed by atoms with Crippen molar-refractivity contribution in [3.8, 4) is 5.75 Å². The van der Waals surface area contributed by atoms with E-state index in [4.69, 9.17) is 9.47 Å². The van der Waals surface area contributed by atoms with Crippen molar-refractivity contribution in [1.29, 1.82) is 0 Å². The van der Waals surface area contributed by atoms with Gasteiger partial charge in [0.25, 0.3) is 11.7 Å². The lowest BCUT2D eigenvalue weighted by molar-refractivity contribution is -0.140. The van der Waals surface area contributed by atoms with Gasteiger partial charge in [-0.15, -0.1) is 0 Å². The third kappa shape index (κ3) is 5.04. The molecular formula is C26H29BrN2O5. The van der Waals surface area contributed by atoms with Crippen LogP contribution < -0.4 is 4.74 Å². The summed E-state index contributed by atoms with van der Waals surface area (Å²) in [6.45, 7) is 8.23. The maximum Gasteiger partial charge on any atom is 0.295 e. The largest absolute Gasteiger partial charge is 0.507 e. The molecule has 4 rings (SSSR count). The molecule has 7 nitrogen and oxygen atoms in total. The van der Waals surface area contributed by atoms with E-state index in [1.807, 2.05) is 38.1 Å². The van der Waals surface area contributed by atoms with Crippen LogP contribution in [0.3, 0.4) is 0 Å². The van der Waals surface area contributed by atoms with E-state index < -0.39 is 17.7 Å². The van der Waals surface area contributed by atoms with Gasteiger partial charge >= 0.3 is 0 Å². The van der Waals surface area contributed by atoms with Crippen molar-refractivity contribution in [2.45, 2.75) is 19.9 Å². The molecule has 0 unspecified atom stereocenters. The summed E-state index contributed by atoms with van der Waals surface area (Å²) < 4.78 is 11.9. The highest BCUT2D eigenvalue weighted by atomic mass is 79.9. The third-order valence-corrected chi connectivity index (χ3v) is 6.76. The summed E-state index contributed by atoms with van der Waals surface area (Å²) in [4.78, 5) is 30.1. The quantitative estimate of drug-likeness (QED) is 0.333. The molecule has 2 fully saturated rings. The predicted molar refractivity (Wildman–Crippen MR) is 133 cm³/mol. The molecule has 2 aromatic carbocycles. The van der Waals surface area contributed by atoms with E-state index in [1.54, 1.807) is 23.1 Å². The second-order valence-corrected chi connectivity index (χ2v) is 9.33. The number of carbonyl (C=O) groups excluding carboxylic acids is 2. The fourth-order valence-electron chi connectivity index (χ4n) is 4.45. The van der Waals surface area contributed by atoms with E-state index in [-0.39, 0.29) is 11.3 Å². The van der Waals surface area contributed by atoms with Crippen molar-refractivity contribution in [3.05, 3.63) is 69.2 Å². The number of likely N-dealkylation sites (tertiary alicyclic amines) is 1. The molecule has 34 heavy (non-hydrogen) atoms. The third-order valence-electron chi connectivity index (χ3n) is 6.23. The summed E-state index contributed by atoms with van der Waals surface area (Å²) in [6, 6.07) is 12.1. The van der Waals surface area contributed by atoms with Gasteiger partial charge in [0.1, 0.15) is 11.5 Å². The lowest BCUT2D eigenvalue weighted by atomic mass is 9.95. The second-order valence-electron chi connectivity index (χ2n) is 8.41. The Balaban J connectivity index is 1.73. The number of benzene rings is 2. The van der Waals surface area contributed by atoms with Crippen molar-refractivity contribution < 1.29 is 24.2 Å². The molecule has 0 aromatic heterocycles. The number of morpholine rings is 1. The van der Waals surface area contributed by atoms with E-state index >= 15 is 0 Å². The number of halogens is 1. The van der Waals surface area contributed by atoms with E-state index in [1.165, 1.54) is 0 Å². The number of aryl methyl sites for hydroxylation is 1. The Morgan fingerprint density at radius 1 is 1.12 bits per heavy atom. The number of rotatable bonds is 7. The number of Topliss-reactive ketones (excluding diaryl/α,β-unsaturated/α-hetero) is 1. The maximum absolute atomic E-state index is 13.2. The van der Waals surface area contributed by atoms with Gasteiger partial charge < -0.3 is 19.5 Å². The Morgan fingerprint density at radius 3 is 2.47 bits per heavy atom. The van der Waals surface area contributed by atoms with Crippen LogP contribution >= 0.6 is 15.9 Å². The summed E-state index contributed by atoms with van der Waals surface area (Å²) in [5, 5.41) is 11.3. The van der Waals surface area contributed by atoms with Gasteiger partial charge in [-0.1, -0.05) is 28.1 Å². The molecule has 1 amide bonds. The molecule has 1 atom stereocenters. The summed E-state index contributed by atoms with van der Waals surface area (Å²) in [6.07, 6.45) is 0. The number of ketones is 1. The number of ether oxygens (including phenoxy) is 2. The molecule has 0 spiro atoms. The Hall–Kier alpha value is -2.68. The average molecular weight is 529 g/mol. The molecule has 2 aliphatic heterocycles. The minimum Gasteiger partial charge on any atom is -0.507 e. The first-order valence-electron chi connectivity index (χ1n) is 11.5. The molecule has 2 saturated heterocycles. The van der Waals surface area contributed by atoms with E-state index in [9.17, 15) is 14.7 Å². The Labute approximate surface area is 208 Å². The number of hydrogen-bond acceptors (Lipinski definition) is 6. The number of hydrogen-bond donors (Lipinski definition) is 1. The van der Waals surface area contributed by atoms with Crippen LogP contribution in [0.4, 0.5) is 0 Å². The van der Waals surface area contributed by atoms with Crippen LogP contribution in [-0.2, 0) is 14.3 Å². The summed E-state index contributed by atoms with van der Waals surface area (Å²) in [5.41, 5.74) is 2.20. The Kier molecular flexibility index (Phi) is 7.70. The number of aliphatic hydroxyl groups excluding tert-OH is 1. The van der Waals surface area contributed by atoms with Crippen LogP contribution in [0.5, 0.6) is 5.75 Å². The van der Waals surface area contributed by atoms with Gasteiger partial charge in [0.15, 0.2) is 0 Å². The first-order chi connectivity index (χ1) is 16.4. The van der Waals surface area contributed by atoms with Gasteiger partial charge in [-0.25, -0.2) is 0 Å². The van der Waals surface area contributed by atoms with Crippen LogP contribution in [0.15, 0.2) is 52.5 Å². The second kappa shape index (κ2) is 10.7. The SMILES string of the molecule is CCOc1ccc(C(O)=C2C(=O)C(=O)N(CCN3CCOCC3)[C@@H]2c2ccc(Br)cc2)cc1C. The monoisotopic (exact) mass is 528 g/mol. The molecule has 8 heteroatoms. The van der Waals surface area contributed by atoms with Crippen LogP contribution in [0, 0.1) is 6.92 Å². The van der Waals surface area contributed by atoms with Crippen molar-refractivity contribution in [1.82, 2.24) is 9.80 Å². The minimum atomic E-state index is -0.668. The summed E-state index contributed by atoms with van der Waals surface area (Å²) in [5.74, 6) is -0.718. The minimum absolute atomic E-state index is 0.109. The molecule has 0 saturated carbocycles. The van der Waals surface area contributed by atoms with Crippen molar-refractivity contribution in [2.24, 2.45) is 0 Å². The predicted octanol–water partition coefficient (Wildman–Crippen LogP) is 3.91. The highest BCUT2D eigenvalue weighted by molar-refractivity contribution is 9.10. The number of nitrogens with zero attached hydrogens (tertiary/aromatic N) is 2. The lowest BCUT2D eigenvalue weighted by Gasteiger charge is -2.31. The van der Waals surface area contributed by atoms with Crippen molar-refractivity contribution in [2.75, 3.05) is 46.0 Å². The molecule has 2 aliphatic rings. The van der Waals surface area contributed by atoms with Crippen LogP contribution in [-0.4, -0.2) is 72.6 Å². The molecule has 0 radical (unpaired) electrons. The van der Waals surface area contributed by atoms with Crippen LogP contribution in [0.1, 0.15) is 29.7 Å². The van der Waals surface area contributed by atoms with Crippen molar-refractivity contribution in [3.63, 3.8) is 0 Å². The molecule has 2 aromatic rings. The Morgan fingerprint density at radius 2 is 1.82 bits per heavy atom. The summed E-state index contributed by atoms with van der Waals surface area (Å²) in [7, 11) is 0. The first kappa shape index (κ1) is 24.4. The molecule has 2 heterocycles. The standard InChI is InChI=1S/C26H29BrN2O5/c1-3-34-21-9-6-19(16-17(21)2)24(30)22-23(18-4-7-20(27)8-5-18)29(26(32)25(22)31)11-10-28-12-14-33-15-13-28/h4-9,16,23,30H,3,10-15H2,1-2H3/t23-/m1/s1.